The lowest BCUT2D eigenvalue weighted by atomic mass is 10.4. The Kier molecular flexibility index (Phi) is 3.60. The van der Waals surface area contributed by atoms with Crippen LogP contribution in [0.15, 0.2) is 23.5 Å². The summed E-state index contributed by atoms with van der Waals surface area (Å²) in [5.41, 5.74) is 0.759. The fraction of sp³-hybridized carbons (Fsp3) is 0.364. The second-order valence-electron chi connectivity index (χ2n) is 3.71. The van der Waals surface area contributed by atoms with Crippen LogP contribution in [0.5, 0.6) is 0 Å². The zero-order valence-corrected chi connectivity index (χ0v) is 11.9. The van der Waals surface area contributed by atoms with Crippen LogP contribution in [0.1, 0.15) is 18.4 Å². The SMILES string of the molecule is CCn1ccnc1Cn1cnc(C)c(I)c1=O. The third-order valence-corrected chi connectivity index (χ3v) is 3.85. The summed E-state index contributed by atoms with van der Waals surface area (Å²) in [5, 5.41) is 0. The van der Waals surface area contributed by atoms with Crippen LogP contribution in [0.4, 0.5) is 0 Å². The molecule has 5 nitrogen and oxygen atoms in total. The molecule has 2 heterocycles. The molecule has 0 aliphatic carbocycles. The Balaban J connectivity index is 2.37. The molecule has 0 fully saturated rings. The van der Waals surface area contributed by atoms with Crippen LogP contribution in [-0.4, -0.2) is 19.1 Å². The van der Waals surface area contributed by atoms with E-state index in [1.54, 1.807) is 17.1 Å². The van der Waals surface area contributed by atoms with E-state index in [4.69, 9.17) is 0 Å². The smallest absolute Gasteiger partial charge is 0.267 e. The van der Waals surface area contributed by atoms with E-state index in [9.17, 15) is 4.79 Å². The summed E-state index contributed by atoms with van der Waals surface area (Å²) in [6.07, 6.45) is 5.23. The number of rotatable bonds is 3. The number of hydrogen-bond donors (Lipinski definition) is 0. The van der Waals surface area contributed by atoms with Crippen molar-refractivity contribution in [1.29, 1.82) is 0 Å². The van der Waals surface area contributed by atoms with Gasteiger partial charge in [-0.05, 0) is 36.4 Å². The Bertz CT molecular complexity index is 587. The van der Waals surface area contributed by atoms with Gasteiger partial charge in [-0.2, -0.15) is 0 Å². The van der Waals surface area contributed by atoms with Crippen LogP contribution in [0.25, 0.3) is 0 Å². The normalized spacial score (nSPS) is 10.8. The minimum absolute atomic E-state index is 0.0104. The number of halogens is 1. The molecule has 0 radical (unpaired) electrons. The first kappa shape index (κ1) is 12.3. The van der Waals surface area contributed by atoms with Crippen molar-refractivity contribution in [1.82, 2.24) is 19.1 Å². The predicted octanol–water partition coefficient (Wildman–Crippen LogP) is 1.42. The van der Waals surface area contributed by atoms with Gasteiger partial charge in [0.1, 0.15) is 5.82 Å². The number of hydrogen-bond acceptors (Lipinski definition) is 3. The number of aromatic nitrogens is 4. The fourth-order valence-electron chi connectivity index (χ4n) is 1.59. The highest BCUT2D eigenvalue weighted by Crippen LogP contribution is 2.03. The third-order valence-electron chi connectivity index (χ3n) is 2.61. The summed E-state index contributed by atoms with van der Waals surface area (Å²) < 4.78 is 4.27. The van der Waals surface area contributed by atoms with E-state index in [0.717, 1.165) is 18.1 Å². The van der Waals surface area contributed by atoms with Gasteiger partial charge >= 0.3 is 0 Å². The average molecular weight is 344 g/mol. The van der Waals surface area contributed by atoms with Gasteiger partial charge in [0.25, 0.3) is 5.56 Å². The second-order valence-corrected chi connectivity index (χ2v) is 4.79. The molecule has 0 unspecified atom stereocenters. The molecular weight excluding hydrogens is 331 g/mol. The summed E-state index contributed by atoms with van der Waals surface area (Å²) in [7, 11) is 0. The van der Waals surface area contributed by atoms with E-state index in [1.807, 2.05) is 47.2 Å². The molecule has 0 aliphatic heterocycles. The Morgan fingerprint density at radius 2 is 2.12 bits per heavy atom. The van der Waals surface area contributed by atoms with Crippen LogP contribution < -0.4 is 5.56 Å². The molecule has 0 aromatic carbocycles. The van der Waals surface area contributed by atoms with E-state index in [-0.39, 0.29) is 5.56 Å². The minimum atomic E-state index is -0.0104. The van der Waals surface area contributed by atoms with Gasteiger partial charge in [-0.3, -0.25) is 9.36 Å². The number of imidazole rings is 1. The van der Waals surface area contributed by atoms with Crippen molar-refractivity contribution in [2.24, 2.45) is 0 Å². The molecule has 0 aliphatic rings. The number of nitrogens with zero attached hydrogens (tertiary/aromatic N) is 4. The predicted molar refractivity (Wildman–Crippen MR) is 73.0 cm³/mol. The standard InChI is InChI=1S/C11H13IN4O/c1-3-15-5-4-13-9(15)6-16-7-14-8(2)10(12)11(16)17/h4-5,7H,3,6H2,1-2H3. The lowest BCUT2D eigenvalue weighted by Gasteiger charge is -2.08. The maximum Gasteiger partial charge on any atom is 0.267 e. The van der Waals surface area contributed by atoms with Gasteiger partial charge in [-0.25, -0.2) is 9.97 Å². The molecule has 0 atom stereocenters. The molecule has 0 saturated carbocycles. The van der Waals surface area contributed by atoms with Gasteiger partial charge in [-0.15, -0.1) is 0 Å². The van der Waals surface area contributed by atoms with Crippen molar-refractivity contribution in [2.45, 2.75) is 26.9 Å². The van der Waals surface area contributed by atoms with Crippen molar-refractivity contribution < 1.29 is 0 Å². The first-order chi connectivity index (χ1) is 8.13. The first-order valence-electron chi connectivity index (χ1n) is 5.35. The van der Waals surface area contributed by atoms with Crippen LogP contribution in [0.3, 0.4) is 0 Å². The topological polar surface area (TPSA) is 52.7 Å². The van der Waals surface area contributed by atoms with Gasteiger partial charge in [0, 0.05) is 18.9 Å². The molecule has 0 saturated heterocycles. The van der Waals surface area contributed by atoms with Crippen molar-refractivity contribution in [3.8, 4) is 0 Å². The molecular formula is C11H13IN4O. The van der Waals surface area contributed by atoms with Crippen LogP contribution in [0, 0.1) is 10.5 Å². The maximum atomic E-state index is 12.0. The van der Waals surface area contributed by atoms with Crippen molar-refractivity contribution in [3.05, 3.63) is 44.2 Å². The van der Waals surface area contributed by atoms with Crippen LogP contribution in [-0.2, 0) is 13.1 Å². The zero-order valence-electron chi connectivity index (χ0n) is 9.72. The summed E-state index contributed by atoms with van der Waals surface area (Å²) in [6, 6.07) is 0. The molecule has 0 bridgehead atoms. The summed E-state index contributed by atoms with van der Waals surface area (Å²) in [5.74, 6) is 0.871. The second kappa shape index (κ2) is 4.99. The van der Waals surface area contributed by atoms with E-state index in [1.165, 1.54) is 0 Å². The molecule has 17 heavy (non-hydrogen) atoms. The third kappa shape index (κ3) is 2.41. The van der Waals surface area contributed by atoms with Crippen molar-refractivity contribution in [2.75, 3.05) is 0 Å². The van der Waals surface area contributed by atoms with Crippen molar-refractivity contribution in [3.63, 3.8) is 0 Å². The molecule has 2 aromatic heterocycles. The summed E-state index contributed by atoms with van der Waals surface area (Å²) >= 11 is 2.03. The van der Waals surface area contributed by atoms with E-state index < -0.39 is 0 Å². The average Bonchev–Trinajstić information content (AvgIpc) is 2.77. The minimum Gasteiger partial charge on any atom is -0.334 e. The van der Waals surface area contributed by atoms with Gasteiger partial charge in [0.2, 0.25) is 0 Å². The van der Waals surface area contributed by atoms with E-state index in [0.29, 0.717) is 10.1 Å². The molecule has 2 rings (SSSR count). The Labute approximate surface area is 113 Å². The fourth-order valence-corrected chi connectivity index (χ4v) is 2.04. The van der Waals surface area contributed by atoms with Crippen LogP contribution >= 0.6 is 22.6 Å². The molecule has 0 spiro atoms. The van der Waals surface area contributed by atoms with E-state index in [2.05, 4.69) is 9.97 Å². The van der Waals surface area contributed by atoms with E-state index >= 15 is 0 Å². The quantitative estimate of drug-likeness (QED) is 0.792. The Morgan fingerprint density at radius 3 is 2.82 bits per heavy atom. The molecule has 90 valence electrons. The lowest BCUT2D eigenvalue weighted by molar-refractivity contribution is 0.627. The number of aryl methyl sites for hydroxylation is 2. The molecule has 6 heteroatoms. The highest BCUT2D eigenvalue weighted by atomic mass is 127. The molecule has 0 N–H and O–H groups in total. The first-order valence-corrected chi connectivity index (χ1v) is 6.43. The molecule has 2 aromatic rings. The van der Waals surface area contributed by atoms with Gasteiger partial charge in [-0.1, -0.05) is 0 Å². The maximum absolute atomic E-state index is 12.0. The largest absolute Gasteiger partial charge is 0.334 e. The van der Waals surface area contributed by atoms with Gasteiger partial charge in [0.05, 0.1) is 22.1 Å². The monoisotopic (exact) mass is 344 g/mol. The summed E-state index contributed by atoms with van der Waals surface area (Å²) in [4.78, 5) is 20.4. The van der Waals surface area contributed by atoms with Gasteiger partial charge < -0.3 is 4.57 Å². The molecule has 0 amide bonds. The van der Waals surface area contributed by atoms with Gasteiger partial charge in [0.15, 0.2) is 0 Å². The van der Waals surface area contributed by atoms with Crippen molar-refractivity contribution >= 4 is 22.6 Å². The summed E-state index contributed by atoms with van der Waals surface area (Å²) in [6.45, 7) is 5.19. The lowest BCUT2D eigenvalue weighted by Crippen LogP contribution is -2.25. The highest BCUT2D eigenvalue weighted by molar-refractivity contribution is 14.1. The Hall–Kier alpha value is -1.18. The van der Waals surface area contributed by atoms with Crippen LogP contribution in [0.2, 0.25) is 0 Å². The Morgan fingerprint density at radius 1 is 1.35 bits per heavy atom. The zero-order chi connectivity index (χ0) is 12.4. The highest BCUT2D eigenvalue weighted by Gasteiger charge is 2.08.